The van der Waals surface area contributed by atoms with Gasteiger partial charge in [0.25, 0.3) is 0 Å². The highest BCUT2D eigenvalue weighted by molar-refractivity contribution is 5.69. The van der Waals surface area contributed by atoms with Gasteiger partial charge in [-0.2, -0.15) is 0 Å². The highest BCUT2D eigenvalue weighted by Crippen LogP contribution is 2.28. The smallest absolute Gasteiger partial charge is 0.410 e. The molecule has 0 saturated carbocycles. The molecule has 0 radical (unpaired) electrons. The third-order valence-corrected chi connectivity index (χ3v) is 3.87. The average Bonchev–Trinajstić information content (AvgIpc) is 2.61. The van der Waals surface area contributed by atoms with E-state index in [1.165, 1.54) is 0 Å². The molecule has 3 rings (SSSR count). The van der Waals surface area contributed by atoms with Crippen molar-refractivity contribution < 1.29 is 14.6 Å². The van der Waals surface area contributed by atoms with Crippen LogP contribution >= 0.6 is 0 Å². The van der Waals surface area contributed by atoms with Gasteiger partial charge in [0.2, 0.25) is 0 Å². The lowest BCUT2D eigenvalue weighted by Crippen LogP contribution is -2.36. The summed E-state index contributed by atoms with van der Waals surface area (Å²) in [5.41, 5.74) is 1.92. The zero-order valence-electron chi connectivity index (χ0n) is 12.8. The van der Waals surface area contributed by atoms with Crippen molar-refractivity contribution in [3.8, 4) is 5.75 Å². The van der Waals surface area contributed by atoms with Gasteiger partial charge in [0.05, 0.1) is 6.04 Å². The van der Waals surface area contributed by atoms with E-state index in [1.807, 2.05) is 48.5 Å². The first-order valence-electron chi connectivity index (χ1n) is 7.67. The fourth-order valence-electron chi connectivity index (χ4n) is 2.65. The number of hydrogen-bond donors (Lipinski definition) is 1. The van der Waals surface area contributed by atoms with E-state index in [1.54, 1.807) is 17.0 Å². The third kappa shape index (κ3) is 3.72. The van der Waals surface area contributed by atoms with Crippen molar-refractivity contribution in [2.75, 3.05) is 6.54 Å². The van der Waals surface area contributed by atoms with Crippen LogP contribution < -0.4 is 0 Å². The molecule has 0 aromatic heterocycles. The summed E-state index contributed by atoms with van der Waals surface area (Å²) in [5.74, 6) is 0.215. The standard InChI is InChI=1S/C19H19NO3/c21-17-11-9-16(10-12-17)18-8-4-5-13-20(18)19(22)23-14-15-6-2-1-3-7-15/h1-4,6-12,18,21H,5,13-14H2. The summed E-state index contributed by atoms with van der Waals surface area (Å²) in [5, 5.41) is 9.42. The van der Waals surface area contributed by atoms with E-state index in [0.717, 1.165) is 17.5 Å². The second-order valence-corrected chi connectivity index (χ2v) is 5.49. The highest BCUT2D eigenvalue weighted by Gasteiger charge is 2.26. The van der Waals surface area contributed by atoms with Crippen LogP contribution in [0.5, 0.6) is 5.75 Å². The van der Waals surface area contributed by atoms with Crippen LogP contribution in [0.4, 0.5) is 4.79 Å². The molecule has 0 spiro atoms. The Kier molecular flexibility index (Phi) is 4.62. The Morgan fingerprint density at radius 2 is 1.87 bits per heavy atom. The lowest BCUT2D eigenvalue weighted by molar-refractivity contribution is 0.0860. The van der Waals surface area contributed by atoms with Gasteiger partial charge >= 0.3 is 6.09 Å². The van der Waals surface area contributed by atoms with Crippen molar-refractivity contribution in [3.05, 3.63) is 77.9 Å². The van der Waals surface area contributed by atoms with Crippen molar-refractivity contribution in [1.29, 1.82) is 0 Å². The van der Waals surface area contributed by atoms with Crippen molar-refractivity contribution in [3.63, 3.8) is 0 Å². The maximum atomic E-state index is 12.4. The first-order chi connectivity index (χ1) is 11.2. The van der Waals surface area contributed by atoms with Crippen LogP contribution in [-0.4, -0.2) is 22.6 Å². The number of rotatable bonds is 3. The summed E-state index contributed by atoms with van der Waals surface area (Å²) in [4.78, 5) is 14.2. The number of phenolic OH excluding ortho intramolecular Hbond substituents is 1. The quantitative estimate of drug-likeness (QED) is 0.871. The van der Waals surface area contributed by atoms with Crippen LogP contribution in [0.2, 0.25) is 0 Å². The Morgan fingerprint density at radius 3 is 2.61 bits per heavy atom. The fourth-order valence-corrected chi connectivity index (χ4v) is 2.65. The van der Waals surface area contributed by atoms with E-state index >= 15 is 0 Å². The van der Waals surface area contributed by atoms with E-state index in [2.05, 4.69) is 6.08 Å². The van der Waals surface area contributed by atoms with Crippen LogP contribution in [0.25, 0.3) is 0 Å². The molecule has 4 heteroatoms. The second kappa shape index (κ2) is 7.01. The minimum Gasteiger partial charge on any atom is -0.508 e. The molecule has 1 atom stereocenters. The van der Waals surface area contributed by atoms with Crippen molar-refractivity contribution >= 4 is 6.09 Å². The normalized spacial score (nSPS) is 17.0. The average molecular weight is 309 g/mol. The van der Waals surface area contributed by atoms with Gasteiger partial charge in [0.1, 0.15) is 12.4 Å². The Bertz CT molecular complexity index is 680. The molecule has 2 aromatic rings. The van der Waals surface area contributed by atoms with Crippen molar-refractivity contribution in [2.24, 2.45) is 0 Å². The molecule has 0 aliphatic carbocycles. The second-order valence-electron chi connectivity index (χ2n) is 5.49. The largest absolute Gasteiger partial charge is 0.508 e. The highest BCUT2D eigenvalue weighted by atomic mass is 16.6. The maximum Gasteiger partial charge on any atom is 0.410 e. The molecule has 1 aliphatic rings. The Balaban J connectivity index is 1.70. The van der Waals surface area contributed by atoms with Crippen molar-refractivity contribution in [1.82, 2.24) is 4.90 Å². The fraction of sp³-hybridized carbons (Fsp3) is 0.211. The zero-order valence-corrected chi connectivity index (χ0v) is 12.8. The lowest BCUT2D eigenvalue weighted by Gasteiger charge is -2.31. The number of carbonyl (C=O) groups is 1. The zero-order chi connectivity index (χ0) is 16.1. The first-order valence-corrected chi connectivity index (χ1v) is 7.67. The molecule has 2 aromatic carbocycles. The summed E-state index contributed by atoms with van der Waals surface area (Å²) < 4.78 is 5.45. The first kappa shape index (κ1) is 15.2. The molecule has 1 unspecified atom stereocenters. The van der Waals surface area contributed by atoms with Gasteiger partial charge in [0.15, 0.2) is 0 Å². The van der Waals surface area contributed by atoms with Crippen LogP contribution in [0.15, 0.2) is 66.7 Å². The minimum absolute atomic E-state index is 0.160. The van der Waals surface area contributed by atoms with Gasteiger partial charge in [-0.05, 0) is 29.7 Å². The van der Waals surface area contributed by atoms with E-state index in [4.69, 9.17) is 4.74 Å². The maximum absolute atomic E-state index is 12.4. The summed E-state index contributed by atoms with van der Waals surface area (Å²) in [6, 6.07) is 16.4. The molecule has 1 N–H and O–H groups in total. The van der Waals surface area contributed by atoms with Crippen LogP contribution in [-0.2, 0) is 11.3 Å². The molecule has 118 valence electrons. The number of carbonyl (C=O) groups excluding carboxylic acids is 1. The van der Waals surface area contributed by atoms with E-state index in [9.17, 15) is 9.90 Å². The van der Waals surface area contributed by atoms with Crippen LogP contribution in [0, 0.1) is 0 Å². The molecular formula is C19H19NO3. The Hall–Kier alpha value is -2.75. The van der Waals surface area contributed by atoms with Crippen LogP contribution in [0.3, 0.4) is 0 Å². The predicted octanol–water partition coefficient (Wildman–Crippen LogP) is 4.03. The van der Waals surface area contributed by atoms with Gasteiger partial charge in [0, 0.05) is 6.54 Å². The van der Waals surface area contributed by atoms with E-state index in [0.29, 0.717) is 6.54 Å². The van der Waals surface area contributed by atoms with Crippen molar-refractivity contribution in [2.45, 2.75) is 19.1 Å². The third-order valence-electron chi connectivity index (χ3n) is 3.87. The van der Waals surface area contributed by atoms with E-state index in [-0.39, 0.29) is 24.5 Å². The summed E-state index contributed by atoms with van der Waals surface area (Å²) in [6.45, 7) is 0.887. The Morgan fingerprint density at radius 1 is 1.13 bits per heavy atom. The Labute approximate surface area is 135 Å². The van der Waals surface area contributed by atoms with Crippen LogP contribution in [0.1, 0.15) is 23.6 Å². The van der Waals surface area contributed by atoms with Gasteiger partial charge in [-0.15, -0.1) is 0 Å². The number of phenols is 1. The van der Waals surface area contributed by atoms with Gasteiger partial charge in [-0.1, -0.05) is 54.6 Å². The molecule has 1 amide bonds. The van der Waals surface area contributed by atoms with Gasteiger partial charge < -0.3 is 9.84 Å². The topological polar surface area (TPSA) is 49.8 Å². The molecule has 0 saturated heterocycles. The summed E-state index contributed by atoms with van der Waals surface area (Å²) in [7, 11) is 0. The molecule has 0 fully saturated rings. The number of aromatic hydroxyl groups is 1. The molecular weight excluding hydrogens is 290 g/mol. The molecule has 23 heavy (non-hydrogen) atoms. The molecule has 0 bridgehead atoms. The van der Waals surface area contributed by atoms with Gasteiger partial charge in [-0.3, -0.25) is 4.90 Å². The van der Waals surface area contributed by atoms with E-state index < -0.39 is 0 Å². The monoisotopic (exact) mass is 309 g/mol. The molecule has 4 nitrogen and oxygen atoms in total. The number of ether oxygens (including phenoxy) is 1. The number of benzene rings is 2. The molecule has 1 heterocycles. The minimum atomic E-state index is -0.323. The summed E-state index contributed by atoms with van der Waals surface area (Å²) in [6.07, 6.45) is 4.56. The number of amides is 1. The lowest BCUT2D eigenvalue weighted by atomic mass is 10.0. The number of nitrogens with zero attached hydrogens (tertiary/aromatic N) is 1. The number of hydrogen-bond acceptors (Lipinski definition) is 3. The summed E-state index contributed by atoms with van der Waals surface area (Å²) >= 11 is 0. The molecule has 1 aliphatic heterocycles. The SMILES string of the molecule is O=C(OCc1ccccc1)N1CCC=CC1c1ccc(O)cc1. The van der Waals surface area contributed by atoms with Gasteiger partial charge in [-0.25, -0.2) is 4.79 Å². The predicted molar refractivity (Wildman–Crippen MR) is 87.9 cm³/mol.